The van der Waals surface area contributed by atoms with Gasteiger partial charge in [0.1, 0.15) is 0 Å². The molecule has 0 heterocycles. The van der Waals surface area contributed by atoms with Crippen LogP contribution in [0.5, 0.6) is 0 Å². The molecule has 2 rings (SSSR count). The van der Waals surface area contributed by atoms with Crippen LogP contribution in [0.25, 0.3) is 0 Å². The van der Waals surface area contributed by atoms with Crippen LogP contribution in [-0.2, 0) is 9.63 Å². The zero-order chi connectivity index (χ0) is 15.2. The first kappa shape index (κ1) is 15.6. The number of hydrogen-bond donors (Lipinski definition) is 2. The Labute approximate surface area is 128 Å². The molecule has 1 aromatic rings. The Morgan fingerprint density at radius 1 is 1.29 bits per heavy atom. The number of anilines is 1. The Balaban J connectivity index is 1.81. The molecule has 0 unspecified atom stereocenters. The lowest BCUT2D eigenvalue weighted by Crippen LogP contribution is -2.28. The van der Waals surface area contributed by atoms with Crippen LogP contribution in [0.1, 0.15) is 48.9 Å². The van der Waals surface area contributed by atoms with Gasteiger partial charge in [-0.2, -0.15) is 5.48 Å². The van der Waals surface area contributed by atoms with Crippen LogP contribution in [0.3, 0.4) is 0 Å². The standard InChI is InChI=1S/C15H19ClN2O3/c16-11-6-7-12(13(17)9-11)15(20)18-21-14(19)8-10-4-2-1-3-5-10/h6-7,9-10H,1-5,8,17H2,(H,18,20). The second-order valence-electron chi connectivity index (χ2n) is 5.34. The van der Waals surface area contributed by atoms with E-state index in [4.69, 9.17) is 22.2 Å². The van der Waals surface area contributed by atoms with E-state index in [0.717, 1.165) is 25.7 Å². The average molecular weight is 311 g/mol. The van der Waals surface area contributed by atoms with Crippen LogP contribution in [0.4, 0.5) is 5.69 Å². The lowest BCUT2D eigenvalue weighted by molar-refractivity contribution is -0.150. The Morgan fingerprint density at radius 2 is 2.00 bits per heavy atom. The lowest BCUT2D eigenvalue weighted by Gasteiger charge is -2.20. The van der Waals surface area contributed by atoms with Gasteiger partial charge in [0.05, 0.1) is 12.0 Å². The van der Waals surface area contributed by atoms with Crippen LogP contribution in [0.2, 0.25) is 5.02 Å². The first-order valence-electron chi connectivity index (χ1n) is 7.11. The number of amides is 1. The highest BCUT2D eigenvalue weighted by atomic mass is 35.5. The second kappa shape index (κ2) is 7.31. The number of carbonyl (C=O) groups excluding carboxylic acids is 2. The minimum atomic E-state index is -0.554. The SMILES string of the molecule is Nc1cc(Cl)ccc1C(=O)NOC(=O)CC1CCCCC1. The van der Waals surface area contributed by atoms with Crippen molar-refractivity contribution >= 4 is 29.2 Å². The van der Waals surface area contributed by atoms with E-state index in [9.17, 15) is 9.59 Å². The van der Waals surface area contributed by atoms with Crippen molar-refractivity contribution in [2.24, 2.45) is 5.92 Å². The van der Waals surface area contributed by atoms with Crippen molar-refractivity contribution < 1.29 is 14.4 Å². The highest BCUT2D eigenvalue weighted by Crippen LogP contribution is 2.26. The Kier molecular flexibility index (Phi) is 5.44. The maximum atomic E-state index is 11.9. The summed E-state index contributed by atoms with van der Waals surface area (Å²) >= 11 is 5.76. The molecule has 0 bridgehead atoms. The molecule has 1 aliphatic rings. The maximum Gasteiger partial charge on any atom is 0.332 e. The van der Waals surface area contributed by atoms with E-state index >= 15 is 0 Å². The fraction of sp³-hybridized carbons (Fsp3) is 0.467. The molecule has 6 heteroatoms. The summed E-state index contributed by atoms with van der Waals surface area (Å²) in [4.78, 5) is 28.4. The van der Waals surface area contributed by atoms with Crippen molar-refractivity contribution in [3.63, 3.8) is 0 Å². The van der Waals surface area contributed by atoms with Gasteiger partial charge in [-0.3, -0.25) is 4.79 Å². The number of nitrogens with two attached hydrogens (primary N) is 1. The highest BCUT2D eigenvalue weighted by molar-refractivity contribution is 6.31. The number of hydrogen-bond acceptors (Lipinski definition) is 4. The summed E-state index contributed by atoms with van der Waals surface area (Å²) < 4.78 is 0. The molecular weight excluding hydrogens is 292 g/mol. The fourth-order valence-electron chi connectivity index (χ4n) is 2.57. The molecular formula is C15H19ClN2O3. The third kappa shape index (κ3) is 4.63. The number of halogens is 1. The van der Waals surface area contributed by atoms with Crippen molar-refractivity contribution in [3.8, 4) is 0 Å². The van der Waals surface area contributed by atoms with Crippen molar-refractivity contribution in [2.45, 2.75) is 38.5 Å². The Hall–Kier alpha value is -1.75. The van der Waals surface area contributed by atoms with Gasteiger partial charge in [-0.15, -0.1) is 0 Å². The van der Waals surface area contributed by atoms with E-state index in [2.05, 4.69) is 5.48 Å². The van der Waals surface area contributed by atoms with Gasteiger partial charge in [-0.05, 0) is 37.0 Å². The molecule has 0 spiro atoms. The highest BCUT2D eigenvalue weighted by Gasteiger charge is 2.19. The number of nitrogens with one attached hydrogen (secondary N) is 1. The first-order valence-corrected chi connectivity index (χ1v) is 7.49. The predicted octanol–water partition coefficient (Wildman–Crippen LogP) is 3.08. The van der Waals surface area contributed by atoms with Crippen molar-refractivity contribution in [1.82, 2.24) is 5.48 Å². The van der Waals surface area contributed by atoms with E-state index in [1.165, 1.54) is 18.6 Å². The molecule has 1 saturated carbocycles. The lowest BCUT2D eigenvalue weighted by atomic mass is 9.87. The predicted molar refractivity (Wildman–Crippen MR) is 80.6 cm³/mol. The van der Waals surface area contributed by atoms with Crippen LogP contribution >= 0.6 is 11.6 Å². The minimum absolute atomic E-state index is 0.227. The molecule has 1 aliphatic carbocycles. The molecule has 0 aliphatic heterocycles. The molecule has 0 atom stereocenters. The topological polar surface area (TPSA) is 81.4 Å². The Morgan fingerprint density at radius 3 is 2.67 bits per heavy atom. The maximum absolute atomic E-state index is 11.9. The van der Waals surface area contributed by atoms with Gasteiger partial charge in [-0.1, -0.05) is 30.9 Å². The van der Waals surface area contributed by atoms with Crippen LogP contribution < -0.4 is 11.2 Å². The van der Waals surface area contributed by atoms with E-state index in [0.29, 0.717) is 17.4 Å². The number of nitrogen functional groups attached to an aromatic ring is 1. The number of carbonyl (C=O) groups is 2. The number of hydroxylamine groups is 1. The van der Waals surface area contributed by atoms with E-state index in [1.807, 2.05) is 0 Å². The monoisotopic (exact) mass is 310 g/mol. The molecule has 114 valence electrons. The smallest absolute Gasteiger partial charge is 0.332 e. The molecule has 1 fully saturated rings. The second-order valence-corrected chi connectivity index (χ2v) is 5.78. The van der Waals surface area contributed by atoms with Gasteiger partial charge in [0.15, 0.2) is 0 Å². The fourth-order valence-corrected chi connectivity index (χ4v) is 2.75. The third-order valence-electron chi connectivity index (χ3n) is 3.70. The quantitative estimate of drug-likeness (QED) is 0.664. The van der Waals surface area contributed by atoms with E-state index in [1.54, 1.807) is 6.07 Å². The van der Waals surface area contributed by atoms with Gasteiger partial charge in [0.2, 0.25) is 0 Å². The summed E-state index contributed by atoms with van der Waals surface area (Å²) in [7, 11) is 0. The first-order chi connectivity index (χ1) is 10.1. The molecule has 0 aromatic heterocycles. The van der Waals surface area contributed by atoms with E-state index in [-0.39, 0.29) is 11.3 Å². The minimum Gasteiger partial charge on any atom is -0.398 e. The van der Waals surface area contributed by atoms with E-state index < -0.39 is 11.9 Å². The van der Waals surface area contributed by atoms with Crippen molar-refractivity contribution in [2.75, 3.05) is 5.73 Å². The summed E-state index contributed by atoms with van der Waals surface area (Å²) in [6, 6.07) is 4.51. The zero-order valence-electron chi connectivity index (χ0n) is 11.7. The summed E-state index contributed by atoms with van der Waals surface area (Å²) in [6.45, 7) is 0. The van der Waals surface area contributed by atoms with Gasteiger partial charge in [0, 0.05) is 10.7 Å². The van der Waals surface area contributed by atoms with Crippen LogP contribution in [0.15, 0.2) is 18.2 Å². The molecule has 1 amide bonds. The van der Waals surface area contributed by atoms with Crippen molar-refractivity contribution in [1.29, 1.82) is 0 Å². The summed E-state index contributed by atoms with van der Waals surface area (Å²) in [6.07, 6.45) is 5.99. The van der Waals surface area contributed by atoms with Gasteiger partial charge in [-0.25, -0.2) is 4.79 Å². The Bertz CT molecular complexity index is 528. The van der Waals surface area contributed by atoms with Crippen LogP contribution in [-0.4, -0.2) is 11.9 Å². The largest absolute Gasteiger partial charge is 0.398 e. The molecule has 0 radical (unpaired) electrons. The van der Waals surface area contributed by atoms with Crippen LogP contribution in [0, 0.1) is 5.92 Å². The number of rotatable bonds is 3. The molecule has 3 N–H and O–H groups in total. The van der Waals surface area contributed by atoms with Crippen molar-refractivity contribution in [3.05, 3.63) is 28.8 Å². The average Bonchev–Trinajstić information content (AvgIpc) is 2.46. The van der Waals surface area contributed by atoms with Gasteiger partial charge >= 0.3 is 5.97 Å². The van der Waals surface area contributed by atoms with Gasteiger partial charge in [0.25, 0.3) is 5.91 Å². The normalized spacial score (nSPS) is 15.5. The van der Waals surface area contributed by atoms with Gasteiger partial charge < -0.3 is 10.6 Å². The third-order valence-corrected chi connectivity index (χ3v) is 3.93. The summed E-state index contributed by atoms with van der Waals surface area (Å²) in [5, 5.41) is 0.443. The zero-order valence-corrected chi connectivity index (χ0v) is 12.5. The molecule has 1 aromatic carbocycles. The molecule has 5 nitrogen and oxygen atoms in total. The molecule has 0 saturated heterocycles. The summed E-state index contributed by atoms with van der Waals surface area (Å²) in [5.74, 6) is -0.604. The molecule has 21 heavy (non-hydrogen) atoms. The number of benzene rings is 1. The summed E-state index contributed by atoms with van der Waals surface area (Å²) in [5.41, 5.74) is 8.30.